The SMILES string of the molecule is N#Cc1ccc2c(c1)CCCC21OCCn2cncc21. The topological polar surface area (TPSA) is 50.8 Å². The molecule has 0 fully saturated rings. The van der Waals surface area contributed by atoms with E-state index in [-0.39, 0.29) is 5.60 Å². The molecule has 1 aliphatic carbocycles. The Labute approximate surface area is 117 Å². The first-order valence-electron chi connectivity index (χ1n) is 7.01. The Bertz CT molecular complexity index is 709. The van der Waals surface area contributed by atoms with E-state index in [0.717, 1.165) is 37.1 Å². The zero-order valence-corrected chi connectivity index (χ0v) is 11.2. The fourth-order valence-corrected chi connectivity index (χ4v) is 3.57. The van der Waals surface area contributed by atoms with Gasteiger partial charge in [0.2, 0.25) is 0 Å². The van der Waals surface area contributed by atoms with Crippen LogP contribution in [-0.2, 0) is 23.3 Å². The third kappa shape index (κ3) is 1.47. The van der Waals surface area contributed by atoms with E-state index in [1.165, 1.54) is 11.1 Å². The molecule has 2 heterocycles. The van der Waals surface area contributed by atoms with Gasteiger partial charge < -0.3 is 9.30 Å². The first-order valence-corrected chi connectivity index (χ1v) is 7.01. The number of aryl methyl sites for hydroxylation is 1. The molecular formula is C16H15N3O. The van der Waals surface area contributed by atoms with Crippen LogP contribution in [0.5, 0.6) is 0 Å². The molecule has 0 saturated carbocycles. The molecule has 1 aromatic carbocycles. The van der Waals surface area contributed by atoms with Crippen molar-refractivity contribution in [3.05, 3.63) is 53.1 Å². The van der Waals surface area contributed by atoms with Crippen LogP contribution in [0.4, 0.5) is 0 Å². The van der Waals surface area contributed by atoms with Crippen molar-refractivity contribution in [2.75, 3.05) is 6.61 Å². The monoisotopic (exact) mass is 265 g/mol. The Morgan fingerprint density at radius 1 is 1.40 bits per heavy atom. The highest BCUT2D eigenvalue weighted by atomic mass is 16.5. The quantitative estimate of drug-likeness (QED) is 0.734. The summed E-state index contributed by atoms with van der Waals surface area (Å²) in [5.41, 5.74) is 3.96. The summed E-state index contributed by atoms with van der Waals surface area (Å²) in [4.78, 5) is 4.29. The van der Waals surface area contributed by atoms with Crippen molar-refractivity contribution < 1.29 is 4.74 Å². The number of hydrogen-bond donors (Lipinski definition) is 0. The molecule has 1 spiro atoms. The zero-order chi connectivity index (χ0) is 13.6. The van der Waals surface area contributed by atoms with Crippen LogP contribution in [0.15, 0.2) is 30.7 Å². The lowest BCUT2D eigenvalue weighted by molar-refractivity contribution is -0.0581. The number of hydrogen-bond acceptors (Lipinski definition) is 3. The molecule has 1 unspecified atom stereocenters. The largest absolute Gasteiger partial charge is 0.362 e. The van der Waals surface area contributed by atoms with Crippen LogP contribution in [0.2, 0.25) is 0 Å². The predicted molar refractivity (Wildman–Crippen MR) is 73.1 cm³/mol. The smallest absolute Gasteiger partial charge is 0.135 e. The highest BCUT2D eigenvalue weighted by molar-refractivity contribution is 5.46. The van der Waals surface area contributed by atoms with E-state index >= 15 is 0 Å². The molecule has 0 bridgehead atoms. The molecule has 0 radical (unpaired) electrons. The van der Waals surface area contributed by atoms with Gasteiger partial charge in [0.05, 0.1) is 36.5 Å². The second-order valence-corrected chi connectivity index (χ2v) is 5.49. The standard InChI is InChI=1S/C16H15N3O/c17-9-12-3-4-14-13(8-12)2-1-5-16(14)15-10-18-11-19(15)6-7-20-16/h3-4,8,10-11H,1-2,5-7H2. The Hall–Kier alpha value is -2.12. The normalized spacial score (nSPS) is 23.9. The third-order valence-corrected chi connectivity index (χ3v) is 4.45. The first-order chi connectivity index (χ1) is 9.83. The second-order valence-electron chi connectivity index (χ2n) is 5.49. The van der Waals surface area contributed by atoms with E-state index in [1.807, 2.05) is 24.7 Å². The third-order valence-electron chi connectivity index (χ3n) is 4.45. The number of fused-ring (bicyclic) bond motifs is 4. The van der Waals surface area contributed by atoms with Gasteiger partial charge in [0, 0.05) is 6.54 Å². The maximum atomic E-state index is 9.07. The summed E-state index contributed by atoms with van der Waals surface area (Å²) in [6.07, 6.45) is 6.89. The molecule has 4 nitrogen and oxygen atoms in total. The number of nitrogens with zero attached hydrogens (tertiary/aromatic N) is 3. The highest BCUT2D eigenvalue weighted by Gasteiger charge is 2.43. The lowest BCUT2D eigenvalue weighted by Crippen LogP contribution is -2.41. The average Bonchev–Trinajstić information content (AvgIpc) is 2.97. The molecule has 1 atom stereocenters. The van der Waals surface area contributed by atoms with E-state index in [0.29, 0.717) is 6.61 Å². The zero-order valence-electron chi connectivity index (χ0n) is 11.2. The van der Waals surface area contributed by atoms with Crippen molar-refractivity contribution in [1.29, 1.82) is 5.26 Å². The van der Waals surface area contributed by atoms with Gasteiger partial charge in [-0.05, 0) is 42.5 Å². The van der Waals surface area contributed by atoms with Crippen molar-refractivity contribution in [2.24, 2.45) is 0 Å². The lowest BCUT2D eigenvalue weighted by Gasteiger charge is -2.42. The van der Waals surface area contributed by atoms with E-state index < -0.39 is 0 Å². The molecule has 1 aromatic heterocycles. The van der Waals surface area contributed by atoms with Gasteiger partial charge in [-0.15, -0.1) is 0 Å². The van der Waals surface area contributed by atoms with Crippen LogP contribution >= 0.6 is 0 Å². The number of benzene rings is 1. The summed E-state index contributed by atoms with van der Waals surface area (Å²) < 4.78 is 8.44. The number of rotatable bonds is 0. The molecule has 4 heteroatoms. The van der Waals surface area contributed by atoms with Gasteiger partial charge in [0.1, 0.15) is 5.60 Å². The predicted octanol–water partition coefficient (Wildman–Crippen LogP) is 2.36. The van der Waals surface area contributed by atoms with E-state index in [1.54, 1.807) is 0 Å². The molecule has 0 saturated heterocycles. The Balaban J connectivity index is 1.94. The Kier molecular flexibility index (Phi) is 2.45. The minimum Gasteiger partial charge on any atom is -0.362 e. The fraction of sp³-hybridized carbons (Fsp3) is 0.375. The van der Waals surface area contributed by atoms with Crippen molar-refractivity contribution in [1.82, 2.24) is 9.55 Å². The number of imidazole rings is 1. The Morgan fingerprint density at radius 2 is 2.35 bits per heavy atom. The summed E-state index contributed by atoms with van der Waals surface area (Å²) in [7, 11) is 0. The second kappa shape index (κ2) is 4.19. The van der Waals surface area contributed by atoms with Gasteiger partial charge in [-0.1, -0.05) is 6.07 Å². The minimum absolute atomic E-state index is 0.365. The lowest BCUT2D eigenvalue weighted by atomic mass is 9.76. The minimum atomic E-state index is -0.365. The van der Waals surface area contributed by atoms with Crippen LogP contribution in [0, 0.1) is 11.3 Å². The molecule has 0 amide bonds. The molecule has 20 heavy (non-hydrogen) atoms. The van der Waals surface area contributed by atoms with Crippen LogP contribution in [-0.4, -0.2) is 16.2 Å². The van der Waals surface area contributed by atoms with Gasteiger partial charge in [0.25, 0.3) is 0 Å². The van der Waals surface area contributed by atoms with Gasteiger partial charge in [-0.2, -0.15) is 5.26 Å². The summed E-state index contributed by atoms with van der Waals surface area (Å²) in [5.74, 6) is 0. The van der Waals surface area contributed by atoms with Gasteiger partial charge >= 0.3 is 0 Å². The first kappa shape index (κ1) is 11.7. The maximum Gasteiger partial charge on any atom is 0.135 e. The van der Waals surface area contributed by atoms with Crippen LogP contribution in [0.3, 0.4) is 0 Å². The fourth-order valence-electron chi connectivity index (χ4n) is 3.57. The maximum absolute atomic E-state index is 9.07. The van der Waals surface area contributed by atoms with Crippen LogP contribution in [0.25, 0.3) is 0 Å². The van der Waals surface area contributed by atoms with Crippen molar-refractivity contribution in [2.45, 2.75) is 31.4 Å². The van der Waals surface area contributed by atoms with Gasteiger partial charge in [-0.3, -0.25) is 0 Å². The molecule has 1 aliphatic heterocycles. The number of aromatic nitrogens is 2. The van der Waals surface area contributed by atoms with E-state index in [9.17, 15) is 0 Å². The molecule has 100 valence electrons. The number of ether oxygens (including phenoxy) is 1. The Morgan fingerprint density at radius 3 is 3.25 bits per heavy atom. The molecule has 0 N–H and O–H groups in total. The molecule has 2 aliphatic rings. The van der Waals surface area contributed by atoms with Crippen molar-refractivity contribution in [3.8, 4) is 6.07 Å². The summed E-state index contributed by atoms with van der Waals surface area (Å²) in [6, 6.07) is 8.19. The molecular weight excluding hydrogens is 250 g/mol. The van der Waals surface area contributed by atoms with Gasteiger partial charge in [0.15, 0.2) is 0 Å². The van der Waals surface area contributed by atoms with Crippen LogP contribution < -0.4 is 0 Å². The number of nitriles is 1. The van der Waals surface area contributed by atoms with Crippen molar-refractivity contribution >= 4 is 0 Å². The van der Waals surface area contributed by atoms with E-state index in [4.69, 9.17) is 10.00 Å². The summed E-state index contributed by atoms with van der Waals surface area (Å²) in [6.45, 7) is 1.57. The molecule has 2 aromatic rings. The van der Waals surface area contributed by atoms with Gasteiger partial charge in [-0.25, -0.2) is 4.98 Å². The summed E-state index contributed by atoms with van der Waals surface area (Å²) in [5, 5.41) is 9.07. The average molecular weight is 265 g/mol. The van der Waals surface area contributed by atoms with Crippen molar-refractivity contribution in [3.63, 3.8) is 0 Å². The summed E-state index contributed by atoms with van der Waals surface area (Å²) >= 11 is 0. The van der Waals surface area contributed by atoms with Crippen LogP contribution in [0.1, 0.15) is 35.2 Å². The molecule has 4 rings (SSSR count). The van der Waals surface area contributed by atoms with E-state index in [2.05, 4.69) is 21.7 Å². The highest BCUT2D eigenvalue weighted by Crippen LogP contribution is 2.45.